The van der Waals surface area contributed by atoms with Crippen LogP contribution in [0.15, 0.2) is 24.4 Å². The Morgan fingerprint density at radius 2 is 1.90 bits per heavy atom. The van der Waals surface area contributed by atoms with E-state index >= 15 is 0 Å². The molecule has 1 N–H and O–H groups in total. The van der Waals surface area contributed by atoms with Gasteiger partial charge in [0.2, 0.25) is 0 Å². The molecule has 0 aliphatic rings. The first kappa shape index (κ1) is 14.9. The molecule has 1 aromatic heterocycles. The second-order valence-corrected chi connectivity index (χ2v) is 6.26. The summed E-state index contributed by atoms with van der Waals surface area (Å²) in [6, 6.07) is 4.95. The van der Waals surface area contributed by atoms with Gasteiger partial charge >= 0.3 is 5.97 Å². The van der Waals surface area contributed by atoms with Crippen LogP contribution >= 0.6 is 23.2 Å². The fraction of sp³-hybridized carbons (Fsp3) is 0.286. The molecule has 0 saturated heterocycles. The van der Waals surface area contributed by atoms with Crippen LogP contribution in [0.3, 0.4) is 0 Å². The Kier molecular flexibility index (Phi) is 3.80. The fourth-order valence-corrected chi connectivity index (χ4v) is 2.03. The quantitative estimate of drug-likeness (QED) is 0.899. The van der Waals surface area contributed by atoms with Crippen molar-refractivity contribution in [1.29, 1.82) is 0 Å². The second kappa shape index (κ2) is 5.11. The predicted molar refractivity (Wildman–Crippen MR) is 79.6 cm³/mol. The van der Waals surface area contributed by atoms with Gasteiger partial charge in [-0.2, -0.15) is 5.10 Å². The fourth-order valence-electron chi connectivity index (χ4n) is 1.73. The lowest BCUT2D eigenvalue weighted by Crippen LogP contribution is -2.22. The topological polar surface area (TPSA) is 55.1 Å². The standard InChI is InChI=1S/C14H14Cl2N2O2/c1-14(2,3)18-7-9(13(19)20)12(17-18)8-4-5-10(15)11(16)6-8/h4-7H,1-3H3,(H,19,20). The number of nitrogens with zero attached hydrogens (tertiary/aromatic N) is 2. The maximum Gasteiger partial charge on any atom is 0.339 e. The number of aromatic carboxylic acids is 1. The number of aromatic nitrogens is 2. The van der Waals surface area contributed by atoms with Crippen molar-refractivity contribution in [3.05, 3.63) is 40.0 Å². The van der Waals surface area contributed by atoms with Gasteiger partial charge in [-0.05, 0) is 32.9 Å². The first-order valence-corrected chi connectivity index (χ1v) is 6.74. The Bertz CT molecular complexity index is 672. The summed E-state index contributed by atoms with van der Waals surface area (Å²) in [6.45, 7) is 5.85. The molecular weight excluding hydrogens is 299 g/mol. The number of benzene rings is 1. The summed E-state index contributed by atoms with van der Waals surface area (Å²) in [7, 11) is 0. The molecule has 1 heterocycles. The molecule has 106 valence electrons. The van der Waals surface area contributed by atoms with Crippen LogP contribution in [-0.4, -0.2) is 20.9 Å². The molecule has 2 aromatic rings. The van der Waals surface area contributed by atoms with E-state index < -0.39 is 5.97 Å². The van der Waals surface area contributed by atoms with Crippen molar-refractivity contribution in [3.63, 3.8) is 0 Å². The zero-order chi connectivity index (χ0) is 15.1. The van der Waals surface area contributed by atoms with Crippen molar-refractivity contribution in [2.75, 3.05) is 0 Å². The largest absolute Gasteiger partial charge is 0.478 e. The summed E-state index contributed by atoms with van der Waals surface area (Å²) in [5.41, 5.74) is 0.836. The van der Waals surface area contributed by atoms with Gasteiger partial charge in [-0.3, -0.25) is 4.68 Å². The highest BCUT2D eigenvalue weighted by molar-refractivity contribution is 6.42. The monoisotopic (exact) mass is 312 g/mol. The molecule has 2 rings (SSSR count). The van der Waals surface area contributed by atoms with Gasteiger partial charge in [0.15, 0.2) is 0 Å². The van der Waals surface area contributed by atoms with Crippen LogP contribution in [0.1, 0.15) is 31.1 Å². The lowest BCUT2D eigenvalue weighted by Gasteiger charge is -2.18. The maximum absolute atomic E-state index is 11.4. The summed E-state index contributed by atoms with van der Waals surface area (Å²) < 4.78 is 1.63. The molecule has 0 unspecified atom stereocenters. The minimum atomic E-state index is -1.03. The molecule has 6 heteroatoms. The van der Waals surface area contributed by atoms with E-state index in [9.17, 15) is 9.90 Å². The molecule has 0 bridgehead atoms. The molecule has 0 aliphatic carbocycles. The first-order chi connectivity index (χ1) is 9.20. The van der Waals surface area contributed by atoms with Crippen LogP contribution in [0.2, 0.25) is 10.0 Å². The number of carboxylic acids is 1. The van der Waals surface area contributed by atoms with E-state index in [0.717, 1.165) is 0 Å². The van der Waals surface area contributed by atoms with Crippen molar-refractivity contribution in [2.24, 2.45) is 0 Å². The van der Waals surface area contributed by atoms with Crippen LogP contribution in [0, 0.1) is 0 Å². The first-order valence-electron chi connectivity index (χ1n) is 5.99. The van der Waals surface area contributed by atoms with Crippen molar-refractivity contribution >= 4 is 29.2 Å². The molecular formula is C14H14Cl2N2O2. The minimum Gasteiger partial charge on any atom is -0.478 e. The van der Waals surface area contributed by atoms with Crippen molar-refractivity contribution in [3.8, 4) is 11.3 Å². The van der Waals surface area contributed by atoms with Gasteiger partial charge in [0.1, 0.15) is 11.3 Å². The smallest absolute Gasteiger partial charge is 0.339 e. The Labute approximate surface area is 126 Å². The summed E-state index contributed by atoms with van der Waals surface area (Å²) in [5, 5.41) is 14.5. The van der Waals surface area contributed by atoms with Gasteiger partial charge in [-0.15, -0.1) is 0 Å². The van der Waals surface area contributed by atoms with Gasteiger partial charge in [0.05, 0.1) is 15.6 Å². The number of hydrogen-bond donors (Lipinski definition) is 1. The molecule has 4 nitrogen and oxygen atoms in total. The molecule has 0 fully saturated rings. The highest BCUT2D eigenvalue weighted by atomic mass is 35.5. The normalized spacial score (nSPS) is 11.7. The van der Waals surface area contributed by atoms with Crippen LogP contribution in [0.5, 0.6) is 0 Å². The third-order valence-electron chi connectivity index (χ3n) is 2.82. The average Bonchev–Trinajstić information content (AvgIpc) is 2.77. The molecule has 20 heavy (non-hydrogen) atoms. The van der Waals surface area contributed by atoms with Crippen molar-refractivity contribution in [2.45, 2.75) is 26.3 Å². The molecule has 0 radical (unpaired) electrons. The van der Waals surface area contributed by atoms with E-state index in [1.54, 1.807) is 22.9 Å². The van der Waals surface area contributed by atoms with E-state index in [1.807, 2.05) is 20.8 Å². The van der Waals surface area contributed by atoms with E-state index in [0.29, 0.717) is 21.3 Å². The summed E-state index contributed by atoms with van der Waals surface area (Å²) >= 11 is 11.9. The molecule has 0 atom stereocenters. The van der Waals surface area contributed by atoms with Crippen LogP contribution in [0.25, 0.3) is 11.3 Å². The van der Waals surface area contributed by atoms with Gasteiger partial charge in [0.25, 0.3) is 0 Å². The van der Waals surface area contributed by atoms with Crippen molar-refractivity contribution < 1.29 is 9.90 Å². The lowest BCUT2D eigenvalue weighted by molar-refractivity contribution is 0.0697. The van der Waals surface area contributed by atoms with Gasteiger partial charge in [-0.25, -0.2) is 4.79 Å². The maximum atomic E-state index is 11.4. The predicted octanol–water partition coefficient (Wildman–Crippen LogP) is 4.31. The van der Waals surface area contributed by atoms with Crippen LogP contribution in [0.4, 0.5) is 0 Å². The molecule has 1 aromatic carbocycles. The lowest BCUT2D eigenvalue weighted by atomic mass is 10.1. The Hall–Kier alpha value is -1.52. The third kappa shape index (κ3) is 2.81. The molecule has 0 amide bonds. The zero-order valence-corrected chi connectivity index (χ0v) is 12.8. The van der Waals surface area contributed by atoms with E-state index in [4.69, 9.17) is 23.2 Å². The number of carboxylic acid groups (broad SMARTS) is 1. The van der Waals surface area contributed by atoms with E-state index in [1.165, 1.54) is 6.20 Å². The summed E-state index contributed by atoms with van der Waals surface area (Å²) in [6.07, 6.45) is 1.53. The molecule has 0 saturated carbocycles. The van der Waals surface area contributed by atoms with Gasteiger partial charge in [-0.1, -0.05) is 29.3 Å². The highest BCUT2D eigenvalue weighted by Crippen LogP contribution is 2.30. The number of rotatable bonds is 2. The van der Waals surface area contributed by atoms with Gasteiger partial charge < -0.3 is 5.11 Å². The Morgan fingerprint density at radius 1 is 1.25 bits per heavy atom. The van der Waals surface area contributed by atoms with Crippen LogP contribution < -0.4 is 0 Å². The van der Waals surface area contributed by atoms with E-state index in [-0.39, 0.29) is 11.1 Å². The average molecular weight is 313 g/mol. The van der Waals surface area contributed by atoms with Crippen molar-refractivity contribution in [1.82, 2.24) is 9.78 Å². The number of hydrogen-bond acceptors (Lipinski definition) is 2. The van der Waals surface area contributed by atoms with Crippen LogP contribution in [-0.2, 0) is 5.54 Å². The highest BCUT2D eigenvalue weighted by Gasteiger charge is 2.22. The molecule has 0 aliphatic heterocycles. The minimum absolute atomic E-state index is 0.137. The third-order valence-corrected chi connectivity index (χ3v) is 3.56. The zero-order valence-electron chi connectivity index (χ0n) is 11.3. The number of carbonyl (C=O) groups is 1. The van der Waals surface area contributed by atoms with E-state index in [2.05, 4.69) is 5.10 Å². The van der Waals surface area contributed by atoms with Gasteiger partial charge in [0, 0.05) is 11.8 Å². The summed E-state index contributed by atoms with van der Waals surface area (Å²) in [5.74, 6) is -1.03. The molecule has 0 spiro atoms. The SMILES string of the molecule is CC(C)(C)n1cc(C(=O)O)c(-c2ccc(Cl)c(Cl)c2)n1. The Morgan fingerprint density at radius 3 is 2.40 bits per heavy atom. The second-order valence-electron chi connectivity index (χ2n) is 5.44. The summed E-state index contributed by atoms with van der Waals surface area (Å²) in [4.78, 5) is 11.4. The Balaban J connectivity index is 2.63. The number of halogens is 2.